The first-order chi connectivity index (χ1) is 18.8. The van der Waals surface area contributed by atoms with E-state index in [1.807, 2.05) is 0 Å². The molecule has 0 aliphatic carbocycles. The van der Waals surface area contributed by atoms with Gasteiger partial charge >= 0.3 is 0 Å². The Morgan fingerprint density at radius 2 is 0.842 bits per heavy atom. The molecule has 0 aromatic heterocycles. The van der Waals surface area contributed by atoms with Crippen molar-refractivity contribution in [2.45, 2.75) is 187 Å². The summed E-state index contributed by atoms with van der Waals surface area (Å²) in [6, 6.07) is 0. The van der Waals surface area contributed by atoms with Gasteiger partial charge in [0.2, 0.25) is 0 Å². The zero-order valence-electron chi connectivity index (χ0n) is 26.3. The van der Waals surface area contributed by atoms with Crippen molar-refractivity contribution in [3.05, 3.63) is 12.2 Å². The molecule has 0 fully saturated rings. The quantitative estimate of drug-likeness (QED) is 0.0668. The molecule has 0 radical (unpaired) electrons. The smallest absolute Gasteiger partial charge is 0.0930 e. The van der Waals surface area contributed by atoms with Crippen LogP contribution in [0.3, 0.4) is 0 Å². The summed E-state index contributed by atoms with van der Waals surface area (Å²) in [6.45, 7) is 7.46. The molecule has 3 nitrogen and oxygen atoms in total. The van der Waals surface area contributed by atoms with Crippen LogP contribution >= 0.6 is 0 Å². The van der Waals surface area contributed by atoms with Crippen molar-refractivity contribution in [1.29, 1.82) is 0 Å². The third kappa shape index (κ3) is 31.8. The van der Waals surface area contributed by atoms with Crippen LogP contribution in [0.4, 0.5) is 0 Å². The molecule has 0 aromatic carbocycles. The van der Waals surface area contributed by atoms with Crippen molar-refractivity contribution in [1.82, 2.24) is 0 Å². The van der Waals surface area contributed by atoms with Gasteiger partial charge in [-0.15, -0.1) is 0 Å². The first kappa shape index (κ1) is 37.6. The number of rotatable bonds is 33. The first-order valence-electron chi connectivity index (χ1n) is 17.4. The third-order valence-corrected chi connectivity index (χ3v) is 7.72. The molecule has 0 rings (SSSR count). The molecular weight excluding hydrogens is 466 g/mol. The molecule has 0 aromatic rings. The molecule has 2 N–H and O–H groups in total. The molecule has 1 unspecified atom stereocenters. The molecule has 1 atom stereocenters. The lowest BCUT2D eigenvalue weighted by atomic mass is 10.1. The fourth-order valence-electron chi connectivity index (χ4n) is 5.04. The summed E-state index contributed by atoms with van der Waals surface area (Å²) < 4.78 is 11.8. The maximum atomic E-state index is 5.96. The maximum Gasteiger partial charge on any atom is 0.0930 e. The molecule has 228 valence electrons. The SMILES string of the molecule is CCCCCCCC/C=C\CCCCCCCCOC(CN)COCCCCCCCCCCCCCC. The van der Waals surface area contributed by atoms with Crippen molar-refractivity contribution in [3.63, 3.8) is 0 Å². The van der Waals surface area contributed by atoms with Gasteiger partial charge in [-0.25, -0.2) is 0 Å². The first-order valence-corrected chi connectivity index (χ1v) is 17.4. The van der Waals surface area contributed by atoms with Gasteiger partial charge in [0.15, 0.2) is 0 Å². The number of hydrogen-bond donors (Lipinski definition) is 1. The van der Waals surface area contributed by atoms with E-state index >= 15 is 0 Å². The zero-order chi connectivity index (χ0) is 27.6. The van der Waals surface area contributed by atoms with Gasteiger partial charge in [0, 0.05) is 19.8 Å². The summed E-state index contributed by atoms with van der Waals surface area (Å²) in [5.41, 5.74) is 5.89. The second kappa shape index (κ2) is 34.6. The van der Waals surface area contributed by atoms with E-state index in [0.717, 1.165) is 19.6 Å². The van der Waals surface area contributed by atoms with Gasteiger partial charge in [-0.1, -0.05) is 154 Å². The fraction of sp³-hybridized carbons (Fsp3) is 0.943. The average molecular weight is 538 g/mol. The number of ether oxygens (including phenoxy) is 2. The van der Waals surface area contributed by atoms with Gasteiger partial charge in [0.25, 0.3) is 0 Å². The second-order valence-corrected chi connectivity index (χ2v) is 11.6. The Bertz CT molecular complexity index is 440. The largest absolute Gasteiger partial charge is 0.379 e. The molecule has 0 spiro atoms. The van der Waals surface area contributed by atoms with Gasteiger partial charge in [0.05, 0.1) is 12.7 Å². The van der Waals surface area contributed by atoms with Crippen LogP contribution in [0, 0.1) is 0 Å². The molecule has 0 bridgehead atoms. The van der Waals surface area contributed by atoms with Crippen LogP contribution in [-0.2, 0) is 9.47 Å². The van der Waals surface area contributed by atoms with E-state index in [1.54, 1.807) is 0 Å². The lowest BCUT2D eigenvalue weighted by molar-refractivity contribution is -0.0136. The topological polar surface area (TPSA) is 44.5 Å². The standard InChI is InChI=1S/C35H71NO2/c1-3-5-7-9-11-13-15-17-18-19-20-22-24-26-28-30-32-38-35(33-36)34-37-31-29-27-25-23-21-16-14-12-10-8-6-4-2/h17-18,35H,3-16,19-34,36H2,1-2H3/b18-17-. The van der Waals surface area contributed by atoms with Crippen LogP contribution in [0.5, 0.6) is 0 Å². The fourth-order valence-corrected chi connectivity index (χ4v) is 5.04. The van der Waals surface area contributed by atoms with E-state index in [0.29, 0.717) is 13.2 Å². The van der Waals surface area contributed by atoms with Gasteiger partial charge in [0.1, 0.15) is 0 Å². The minimum Gasteiger partial charge on any atom is -0.379 e. The van der Waals surface area contributed by atoms with Crippen molar-refractivity contribution in [3.8, 4) is 0 Å². The highest BCUT2D eigenvalue weighted by Gasteiger charge is 2.06. The van der Waals surface area contributed by atoms with Crippen LogP contribution < -0.4 is 5.73 Å². The average Bonchev–Trinajstić information content (AvgIpc) is 2.93. The summed E-state index contributed by atoms with van der Waals surface area (Å²) in [4.78, 5) is 0. The van der Waals surface area contributed by atoms with Crippen molar-refractivity contribution >= 4 is 0 Å². The molecule has 0 saturated carbocycles. The van der Waals surface area contributed by atoms with E-state index in [2.05, 4.69) is 26.0 Å². The Morgan fingerprint density at radius 3 is 1.26 bits per heavy atom. The highest BCUT2D eigenvalue weighted by molar-refractivity contribution is 4.81. The zero-order valence-corrected chi connectivity index (χ0v) is 26.3. The monoisotopic (exact) mass is 538 g/mol. The molecule has 0 saturated heterocycles. The Morgan fingerprint density at radius 1 is 0.474 bits per heavy atom. The predicted molar refractivity (Wildman–Crippen MR) is 170 cm³/mol. The van der Waals surface area contributed by atoms with E-state index in [1.165, 1.54) is 161 Å². The minimum atomic E-state index is 0.0652. The van der Waals surface area contributed by atoms with Crippen molar-refractivity contribution in [2.75, 3.05) is 26.4 Å². The Hall–Kier alpha value is -0.380. The predicted octanol–water partition coefficient (Wildman–Crippen LogP) is 11.1. The Balaban J connectivity index is 3.29. The summed E-state index contributed by atoms with van der Waals surface area (Å²) >= 11 is 0. The third-order valence-electron chi connectivity index (χ3n) is 7.72. The van der Waals surface area contributed by atoms with E-state index < -0.39 is 0 Å². The number of unbranched alkanes of at least 4 members (excludes halogenated alkanes) is 23. The molecule has 0 amide bonds. The summed E-state index contributed by atoms with van der Waals surface area (Å²) in [5, 5.41) is 0. The summed E-state index contributed by atoms with van der Waals surface area (Å²) in [6.07, 6.45) is 40.2. The molecular formula is C35H71NO2. The van der Waals surface area contributed by atoms with Gasteiger partial charge < -0.3 is 15.2 Å². The van der Waals surface area contributed by atoms with E-state index in [9.17, 15) is 0 Å². The van der Waals surface area contributed by atoms with Crippen LogP contribution in [0.2, 0.25) is 0 Å². The van der Waals surface area contributed by atoms with Gasteiger partial charge in [-0.2, -0.15) is 0 Å². The van der Waals surface area contributed by atoms with Crippen molar-refractivity contribution in [2.24, 2.45) is 5.73 Å². The molecule has 0 heterocycles. The number of hydrogen-bond acceptors (Lipinski definition) is 3. The van der Waals surface area contributed by atoms with Gasteiger partial charge in [-0.3, -0.25) is 0 Å². The lowest BCUT2D eigenvalue weighted by Crippen LogP contribution is -2.29. The highest BCUT2D eigenvalue weighted by atomic mass is 16.5. The number of nitrogens with two attached hydrogens (primary N) is 1. The van der Waals surface area contributed by atoms with E-state index in [-0.39, 0.29) is 6.10 Å². The maximum absolute atomic E-state index is 5.96. The highest BCUT2D eigenvalue weighted by Crippen LogP contribution is 2.13. The molecule has 3 heteroatoms. The van der Waals surface area contributed by atoms with Crippen LogP contribution in [0.25, 0.3) is 0 Å². The second-order valence-electron chi connectivity index (χ2n) is 11.6. The molecule has 38 heavy (non-hydrogen) atoms. The van der Waals surface area contributed by atoms with Crippen LogP contribution in [0.15, 0.2) is 12.2 Å². The van der Waals surface area contributed by atoms with Crippen LogP contribution in [-0.4, -0.2) is 32.5 Å². The number of allylic oxidation sites excluding steroid dienone is 2. The summed E-state index contributed by atoms with van der Waals surface area (Å²) in [7, 11) is 0. The van der Waals surface area contributed by atoms with Crippen LogP contribution in [0.1, 0.15) is 181 Å². The molecule has 0 aliphatic heterocycles. The van der Waals surface area contributed by atoms with Crippen molar-refractivity contribution < 1.29 is 9.47 Å². The minimum absolute atomic E-state index is 0.0652. The van der Waals surface area contributed by atoms with E-state index in [4.69, 9.17) is 15.2 Å². The Kier molecular flexibility index (Phi) is 34.3. The van der Waals surface area contributed by atoms with Gasteiger partial charge in [-0.05, 0) is 38.5 Å². The molecule has 0 aliphatic rings. The lowest BCUT2D eigenvalue weighted by Gasteiger charge is -2.16. The Labute approximate surface area is 240 Å². The summed E-state index contributed by atoms with van der Waals surface area (Å²) in [5.74, 6) is 0. The normalized spacial score (nSPS) is 12.6.